The Hall–Kier alpha value is -3.46. The van der Waals surface area contributed by atoms with Gasteiger partial charge in [-0.2, -0.15) is 14.3 Å². The number of carbonyl (C=O) groups is 1. The van der Waals surface area contributed by atoms with E-state index in [1.54, 1.807) is 21.2 Å². The molecule has 2 aromatic rings. The van der Waals surface area contributed by atoms with Gasteiger partial charge in [-0.1, -0.05) is 37.5 Å². The molecule has 1 aromatic carbocycles. The zero-order chi connectivity index (χ0) is 25.4. The van der Waals surface area contributed by atoms with Crippen LogP contribution < -0.4 is 19.9 Å². The number of allylic oxidation sites excluding steroid dienone is 3. The molecule has 9 nitrogen and oxygen atoms in total. The summed E-state index contributed by atoms with van der Waals surface area (Å²) in [5.41, 5.74) is 1.17. The van der Waals surface area contributed by atoms with E-state index in [1.165, 1.54) is 24.8 Å². The number of nitrogens with one attached hydrogen (secondary N) is 2. The average molecular weight is 494 g/mol. The number of ether oxygens (including phenoxy) is 2. The molecular formula is C27H37N6O3+. The molecule has 0 radical (unpaired) electrons. The number of aromatic nitrogens is 3. The van der Waals surface area contributed by atoms with Crippen molar-refractivity contribution in [1.82, 2.24) is 19.4 Å². The van der Waals surface area contributed by atoms with E-state index >= 15 is 0 Å². The Bertz CT molecular complexity index is 1090. The first-order chi connectivity index (χ1) is 17.4. The Morgan fingerprint density at radius 2 is 1.78 bits per heavy atom. The molecule has 0 bridgehead atoms. The minimum Gasteiger partial charge on any atom is -0.497 e. The molecule has 0 aliphatic heterocycles. The highest BCUT2D eigenvalue weighted by molar-refractivity contribution is 5.80. The van der Waals surface area contributed by atoms with Crippen molar-refractivity contribution in [3.8, 4) is 5.75 Å². The van der Waals surface area contributed by atoms with Crippen LogP contribution in [0.1, 0.15) is 50.5 Å². The van der Waals surface area contributed by atoms with Gasteiger partial charge in [0.15, 0.2) is 0 Å². The van der Waals surface area contributed by atoms with Gasteiger partial charge in [-0.05, 0) is 62.0 Å². The zero-order valence-electron chi connectivity index (χ0n) is 21.5. The highest BCUT2D eigenvalue weighted by Crippen LogP contribution is 2.24. The van der Waals surface area contributed by atoms with Crippen molar-refractivity contribution in [2.75, 3.05) is 38.4 Å². The van der Waals surface area contributed by atoms with Crippen LogP contribution in [-0.4, -0.2) is 54.8 Å². The molecular weight excluding hydrogens is 456 g/mol. The molecule has 1 heterocycles. The number of amides is 1. The van der Waals surface area contributed by atoms with Crippen LogP contribution in [0.4, 0.5) is 22.6 Å². The number of hydrogen-bond acceptors (Lipinski definition) is 8. The smallest absolute Gasteiger partial charge is 0.497 e. The summed E-state index contributed by atoms with van der Waals surface area (Å²) in [6.07, 6.45) is 13.7. The Labute approximate surface area is 213 Å². The van der Waals surface area contributed by atoms with Crippen LogP contribution in [0.5, 0.6) is 5.75 Å². The highest BCUT2D eigenvalue weighted by Gasteiger charge is 2.37. The quantitative estimate of drug-likeness (QED) is 0.459. The van der Waals surface area contributed by atoms with Gasteiger partial charge in [0.25, 0.3) is 0 Å². The van der Waals surface area contributed by atoms with Gasteiger partial charge in [0.2, 0.25) is 11.9 Å². The van der Waals surface area contributed by atoms with Crippen LogP contribution in [0.15, 0.2) is 48.3 Å². The number of nitrogens with zero attached hydrogens (tertiary/aromatic N) is 4. The molecule has 0 saturated heterocycles. The maximum atomic E-state index is 13.1. The molecule has 1 aromatic heterocycles. The van der Waals surface area contributed by atoms with E-state index in [0.717, 1.165) is 37.9 Å². The molecule has 2 N–H and O–H groups in total. The van der Waals surface area contributed by atoms with Crippen molar-refractivity contribution in [2.24, 2.45) is 0 Å². The summed E-state index contributed by atoms with van der Waals surface area (Å²) in [5.74, 6) is 2.63. The first kappa shape index (κ1) is 25.6. The van der Waals surface area contributed by atoms with Crippen LogP contribution in [-0.2, 0) is 11.2 Å². The number of anilines is 2. The summed E-state index contributed by atoms with van der Waals surface area (Å²) in [6, 6.07) is 8.30. The van der Waals surface area contributed by atoms with Gasteiger partial charge in [-0.15, -0.1) is 9.97 Å². The Morgan fingerprint density at radius 1 is 1.03 bits per heavy atom. The fraction of sp³-hybridized carbons (Fsp3) is 0.481. The second kappa shape index (κ2) is 12.0. The predicted molar refractivity (Wildman–Crippen MR) is 142 cm³/mol. The van der Waals surface area contributed by atoms with Crippen LogP contribution in [0.25, 0.3) is 0 Å². The average Bonchev–Trinajstić information content (AvgIpc) is 2.90. The standard InChI is InChI=1S/C27H37N6O3/c1-33(2,27(34)36-23-12-8-5-9-13-23)26-31-24(28-19-18-20-14-16-22(35-3)17-15-20)30-25(32-26)29-21-10-6-4-7-11-21/h8,12-17,21H,4-7,9-11,18-19H2,1-3H3,(H2,28,29,30,31,32)/q+1. The van der Waals surface area contributed by atoms with Gasteiger partial charge in [0.05, 0.1) is 21.2 Å². The Morgan fingerprint density at radius 3 is 2.47 bits per heavy atom. The molecule has 1 saturated carbocycles. The minimum atomic E-state index is -0.452. The van der Waals surface area contributed by atoms with Crippen molar-refractivity contribution in [1.29, 1.82) is 0 Å². The lowest BCUT2D eigenvalue weighted by molar-refractivity contribution is 0.147. The van der Waals surface area contributed by atoms with Crippen LogP contribution in [0.3, 0.4) is 0 Å². The molecule has 2 aliphatic carbocycles. The van der Waals surface area contributed by atoms with Crippen LogP contribution in [0.2, 0.25) is 0 Å². The fourth-order valence-corrected chi connectivity index (χ4v) is 4.26. The van der Waals surface area contributed by atoms with E-state index in [4.69, 9.17) is 9.47 Å². The van der Waals surface area contributed by atoms with E-state index in [0.29, 0.717) is 36.2 Å². The van der Waals surface area contributed by atoms with E-state index in [1.807, 2.05) is 42.5 Å². The number of rotatable bonds is 9. The van der Waals surface area contributed by atoms with E-state index < -0.39 is 6.09 Å². The van der Waals surface area contributed by atoms with Gasteiger partial charge in [-0.3, -0.25) is 0 Å². The first-order valence-corrected chi connectivity index (χ1v) is 12.8. The van der Waals surface area contributed by atoms with Gasteiger partial charge >= 0.3 is 12.0 Å². The Kier molecular flexibility index (Phi) is 8.53. The lowest BCUT2D eigenvalue weighted by Crippen LogP contribution is -2.48. The van der Waals surface area contributed by atoms with Crippen molar-refractivity contribution >= 4 is 23.9 Å². The number of quaternary nitrogens is 1. The third-order valence-corrected chi connectivity index (χ3v) is 6.54. The van der Waals surface area contributed by atoms with E-state index in [-0.39, 0.29) is 4.48 Å². The lowest BCUT2D eigenvalue weighted by Gasteiger charge is -2.25. The summed E-state index contributed by atoms with van der Waals surface area (Å²) in [4.78, 5) is 27.0. The largest absolute Gasteiger partial charge is 0.528 e. The molecule has 2 aliphatic rings. The molecule has 0 atom stereocenters. The molecule has 9 heteroatoms. The summed E-state index contributed by atoms with van der Waals surface area (Å²) in [7, 11) is 5.12. The maximum absolute atomic E-state index is 13.1. The molecule has 1 amide bonds. The third kappa shape index (κ3) is 6.81. The zero-order valence-corrected chi connectivity index (χ0v) is 21.5. The Balaban J connectivity index is 1.50. The first-order valence-electron chi connectivity index (χ1n) is 12.8. The maximum Gasteiger partial charge on any atom is 0.528 e. The normalized spacial score (nSPS) is 16.2. The summed E-state index contributed by atoms with van der Waals surface area (Å²) >= 11 is 0. The molecule has 4 rings (SSSR count). The second-order valence-corrected chi connectivity index (χ2v) is 9.69. The summed E-state index contributed by atoms with van der Waals surface area (Å²) < 4.78 is 10.6. The predicted octanol–water partition coefficient (Wildman–Crippen LogP) is 5.22. The number of methoxy groups -OCH3 is 1. The van der Waals surface area contributed by atoms with Gasteiger partial charge < -0.3 is 20.1 Å². The van der Waals surface area contributed by atoms with Crippen molar-refractivity contribution in [2.45, 2.75) is 57.4 Å². The number of hydrogen-bond donors (Lipinski definition) is 2. The fourth-order valence-electron chi connectivity index (χ4n) is 4.26. The minimum absolute atomic E-state index is 0.264. The number of carbonyl (C=O) groups excluding carboxylic acids is 1. The van der Waals surface area contributed by atoms with E-state index in [2.05, 4.69) is 25.6 Å². The summed E-state index contributed by atoms with van der Waals surface area (Å²) in [5, 5.41) is 6.79. The molecule has 192 valence electrons. The topological polar surface area (TPSA) is 98.3 Å². The van der Waals surface area contributed by atoms with Gasteiger partial charge in [0, 0.05) is 12.6 Å². The monoisotopic (exact) mass is 493 g/mol. The van der Waals surface area contributed by atoms with E-state index in [9.17, 15) is 4.79 Å². The SMILES string of the molecule is COc1ccc(CCNc2nc(NC3CCCCC3)nc([N+](C)(C)C(=O)OC3=CCCC=C3)n2)cc1. The third-order valence-electron chi connectivity index (χ3n) is 6.54. The van der Waals surface area contributed by atoms with Crippen molar-refractivity contribution in [3.05, 3.63) is 53.8 Å². The summed E-state index contributed by atoms with van der Waals surface area (Å²) in [6.45, 7) is 0.633. The highest BCUT2D eigenvalue weighted by atomic mass is 16.6. The number of benzene rings is 1. The van der Waals surface area contributed by atoms with Crippen molar-refractivity contribution in [3.63, 3.8) is 0 Å². The molecule has 0 unspecified atom stereocenters. The second-order valence-electron chi connectivity index (χ2n) is 9.69. The molecule has 0 spiro atoms. The lowest BCUT2D eigenvalue weighted by atomic mass is 9.96. The van der Waals surface area contributed by atoms with Gasteiger partial charge in [-0.25, -0.2) is 0 Å². The molecule has 36 heavy (non-hydrogen) atoms. The molecule has 1 fully saturated rings. The van der Waals surface area contributed by atoms with Crippen molar-refractivity contribution < 1.29 is 14.3 Å². The van der Waals surface area contributed by atoms with Gasteiger partial charge in [0.1, 0.15) is 11.5 Å². The van der Waals surface area contributed by atoms with Crippen LogP contribution >= 0.6 is 0 Å². The van der Waals surface area contributed by atoms with Crippen LogP contribution in [0, 0.1) is 0 Å².